The van der Waals surface area contributed by atoms with Crippen molar-refractivity contribution in [2.24, 2.45) is 5.92 Å². The molecule has 0 unspecified atom stereocenters. The molecule has 0 saturated carbocycles. The summed E-state index contributed by atoms with van der Waals surface area (Å²) in [7, 11) is 1.42. The van der Waals surface area contributed by atoms with E-state index in [0.29, 0.717) is 17.9 Å². The highest BCUT2D eigenvalue weighted by Crippen LogP contribution is 2.14. The fourth-order valence-corrected chi connectivity index (χ4v) is 1.23. The summed E-state index contributed by atoms with van der Waals surface area (Å²) < 4.78 is 4.79. The third-order valence-electron chi connectivity index (χ3n) is 1.78. The average Bonchev–Trinajstić information content (AvgIpc) is 2.03. The number of rotatable bonds is 3. The van der Waals surface area contributed by atoms with Gasteiger partial charge in [0, 0.05) is 0 Å². The largest absolute Gasteiger partial charge is 0.492 e. The van der Waals surface area contributed by atoms with Gasteiger partial charge in [-0.2, -0.15) is 0 Å². The van der Waals surface area contributed by atoms with Crippen molar-refractivity contribution in [1.29, 1.82) is 0 Å². The maximum absolute atomic E-state index is 11.0. The molecule has 1 aromatic rings. The lowest BCUT2D eigenvalue weighted by atomic mass is 9.98. The molecule has 0 N–H and O–H groups in total. The summed E-state index contributed by atoms with van der Waals surface area (Å²) in [6.07, 6.45) is 0.633. The van der Waals surface area contributed by atoms with E-state index < -0.39 is 5.43 Å². The molecule has 0 aliphatic rings. The maximum atomic E-state index is 11.0. The van der Waals surface area contributed by atoms with E-state index in [-0.39, 0.29) is 11.2 Å². The van der Waals surface area contributed by atoms with Gasteiger partial charge in [0.25, 0.3) is 5.43 Å². The van der Waals surface area contributed by atoms with Crippen LogP contribution >= 0.6 is 0 Å². The first kappa shape index (κ1) is 8.97. The summed E-state index contributed by atoms with van der Waals surface area (Å²) in [4.78, 5) is 21.8. The van der Waals surface area contributed by atoms with Crippen LogP contribution in [0.2, 0.25) is 0 Å². The Bertz CT molecular complexity index is 342. The minimum Gasteiger partial charge on any atom is -0.492 e. The van der Waals surface area contributed by atoms with Crippen molar-refractivity contribution < 1.29 is 4.74 Å². The van der Waals surface area contributed by atoms with Gasteiger partial charge in [-0.1, -0.05) is 13.8 Å². The monoisotopic (exact) mass is 168 g/mol. The quantitative estimate of drug-likeness (QED) is 0.617. The van der Waals surface area contributed by atoms with Gasteiger partial charge in [-0.15, -0.1) is 0 Å². The van der Waals surface area contributed by atoms with Crippen molar-refractivity contribution in [3.05, 3.63) is 26.0 Å². The van der Waals surface area contributed by atoms with Gasteiger partial charge in [-0.05, 0) is 12.3 Å². The second kappa shape index (κ2) is 3.09. The summed E-state index contributed by atoms with van der Waals surface area (Å²) in [5.41, 5.74) is -0.300. The Hall–Kier alpha value is -1.12. The second-order valence-corrected chi connectivity index (χ2v) is 3.27. The number of ether oxygens (including phenoxy) is 1. The molecule has 1 aromatic carbocycles. The fourth-order valence-electron chi connectivity index (χ4n) is 1.23. The zero-order valence-corrected chi connectivity index (χ0v) is 7.51. The molecule has 0 atom stereocenters. The van der Waals surface area contributed by atoms with Crippen LogP contribution in [0.25, 0.3) is 0 Å². The predicted octanol–water partition coefficient (Wildman–Crippen LogP) is 0.490. The normalized spacial score (nSPS) is 11.0. The number of hydrogen-bond donors (Lipinski definition) is 0. The first-order valence-electron chi connectivity index (χ1n) is 3.94. The fraction of sp³-hybridized carbons (Fsp3) is 0.556. The summed E-state index contributed by atoms with van der Waals surface area (Å²) in [6.45, 7) is 3.99. The van der Waals surface area contributed by atoms with Gasteiger partial charge in [-0.3, -0.25) is 9.59 Å². The van der Waals surface area contributed by atoms with Crippen LogP contribution in [0.1, 0.15) is 19.4 Å². The van der Waals surface area contributed by atoms with E-state index in [1.54, 1.807) is 0 Å². The Balaban J connectivity index is 2.94. The van der Waals surface area contributed by atoms with Crippen molar-refractivity contribution >= 4 is 0 Å². The van der Waals surface area contributed by atoms with Crippen LogP contribution < -0.4 is 15.6 Å². The van der Waals surface area contributed by atoms with Crippen molar-refractivity contribution in [3.63, 3.8) is 0 Å². The lowest BCUT2D eigenvalue weighted by Crippen LogP contribution is -2.37. The lowest BCUT2D eigenvalue weighted by Gasteiger charge is -2.10. The summed E-state index contributed by atoms with van der Waals surface area (Å²) in [5.74, 6) is 0.635. The molecule has 0 amide bonds. The summed E-state index contributed by atoms with van der Waals surface area (Å²) in [6, 6.07) is 0. The third-order valence-corrected chi connectivity index (χ3v) is 1.78. The predicted molar refractivity (Wildman–Crippen MR) is 46.4 cm³/mol. The Morgan fingerprint density at radius 2 is 1.83 bits per heavy atom. The molecule has 3 heteroatoms. The van der Waals surface area contributed by atoms with E-state index >= 15 is 0 Å². The molecule has 3 nitrogen and oxygen atoms in total. The second-order valence-electron chi connectivity index (χ2n) is 3.27. The van der Waals surface area contributed by atoms with Crippen LogP contribution in [-0.4, -0.2) is 7.11 Å². The Morgan fingerprint density at radius 1 is 1.25 bits per heavy atom. The van der Waals surface area contributed by atoms with E-state index in [1.165, 1.54) is 7.11 Å². The van der Waals surface area contributed by atoms with Crippen molar-refractivity contribution in [3.8, 4) is 5.75 Å². The zero-order valence-electron chi connectivity index (χ0n) is 7.51. The standard InChI is InChI=1S/C9H12O3/c1-5(2)4-6-7(10)8(11)9(6)12-3/h5H,4H2,1-3H3. The molecular weight excluding hydrogens is 156 g/mol. The molecule has 0 radical (unpaired) electrons. The molecule has 0 aromatic heterocycles. The van der Waals surface area contributed by atoms with E-state index in [0.717, 1.165) is 0 Å². The highest BCUT2D eigenvalue weighted by molar-refractivity contribution is 5.39. The molecule has 66 valence electrons. The van der Waals surface area contributed by atoms with Crippen molar-refractivity contribution in [1.82, 2.24) is 0 Å². The van der Waals surface area contributed by atoms with Crippen LogP contribution in [0.4, 0.5) is 0 Å². The molecule has 0 fully saturated rings. The Morgan fingerprint density at radius 3 is 2.25 bits per heavy atom. The van der Waals surface area contributed by atoms with E-state index in [2.05, 4.69) is 0 Å². The Labute approximate surface area is 70.7 Å². The number of hydrogen-bond acceptors (Lipinski definition) is 3. The first-order chi connectivity index (χ1) is 5.57. The van der Waals surface area contributed by atoms with E-state index in [4.69, 9.17) is 4.74 Å². The van der Waals surface area contributed by atoms with Crippen molar-refractivity contribution in [2.45, 2.75) is 20.3 Å². The smallest absolute Gasteiger partial charge is 0.268 e. The van der Waals surface area contributed by atoms with Gasteiger partial charge in [0.2, 0.25) is 5.43 Å². The molecular formula is C9H12O3. The van der Waals surface area contributed by atoms with Gasteiger partial charge in [0.05, 0.1) is 12.7 Å². The topological polar surface area (TPSA) is 43.4 Å². The Kier molecular flexibility index (Phi) is 2.31. The third kappa shape index (κ3) is 1.26. The zero-order chi connectivity index (χ0) is 9.30. The molecule has 0 aliphatic heterocycles. The SMILES string of the molecule is COc1c(CC(C)C)c(=O)c1=O. The molecule has 0 bridgehead atoms. The van der Waals surface area contributed by atoms with E-state index in [1.807, 2.05) is 13.8 Å². The minimum absolute atomic E-state index is 0.258. The van der Waals surface area contributed by atoms with Crippen LogP contribution in [0.15, 0.2) is 9.59 Å². The first-order valence-corrected chi connectivity index (χ1v) is 3.94. The van der Waals surface area contributed by atoms with Crippen LogP contribution in [0.5, 0.6) is 5.75 Å². The molecule has 0 heterocycles. The highest BCUT2D eigenvalue weighted by atomic mass is 16.5. The van der Waals surface area contributed by atoms with Crippen LogP contribution in [0.3, 0.4) is 0 Å². The molecule has 0 saturated heterocycles. The lowest BCUT2D eigenvalue weighted by molar-refractivity contribution is 0.395. The number of methoxy groups -OCH3 is 1. The molecule has 0 aliphatic carbocycles. The highest BCUT2D eigenvalue weighted by Gasteiger charge is 2.21. The maximum Gasteiger partial charge on any atom is 0.268 e. The van der Waals surface area contributed by atoms with Crippen LogP contribution in [-0.2, 0) is 6.42 Å². The van der Waals surface area contributed by atoms with Crippen LogP contribution in [0, 0.1) is 5.92 Å². The molecule has 0 spiro atoms. The molecule has 1 rings (SSSR count). The van der Waals surface area contributed by atoms with Gasteiger partial charge in [-0.25, -0.2) is 0 Å². The summed E-state index contributed by atoms with van der Waals surface area (Å²) >= 11 is 0. The van der Waals surface area contributed by atoms with E-state index in [9.17, 15) is 9.59 Å². The van der Waals surface area contributed by atoms with Gasteiger partial charge in [0.1, 0.15) is 0 Å². The minimum atomic E-state index is -0.479. The summed E-state index contributed by atoms with van der Waals surface area (Å²) in [5, 5.41) is 0. The molecule has 12 heavy (non-hydrogen) atoms. The van der Waals surface area contributed by atoms with Gasteiger partial charge in [0.15, 0.2) is 5.75 Å². The van der Waals surface area contributed by atoms with Crippen molar-refractivity contribution in [2.75, 3.05) is 7.11 Å². The van der Waals surface area contributed by atoms with Gasteiger partial charge < -0.3 is 4.74 Å². The average molecular weight is 168 g/mol. The van der Waals surface area contributed by atoms with Gasteiger partial charge >= 0.3 is 0 Å².